The fraction of sp³-hybridized carbons (Fsp3) is 0.800. The summed E-state index contributed by atoms with van der Waals surface area (Å²) in [5, 5.41) is 0. The maximum absolute atomic E-state index is 12.6. The highest BCUT2D eigenvalue weighted by Crippen LogP contribution is 2.65. The summed E-state index contributed by atoms with van der Waals surface area (Å²) in [7, 11) is 0. The number of carbonyl (C=O) groups is 2. The van der Waals surface area contributed by atoms with Crippen molar-refractivity contribution in [3.63, 3.8) is 0 Å². The molecule has 6 atom stereocenters. The molecule has 0 bridgehead atoms. The van der Waals surface area contributed by atoms with Gasteiger partial charge in [-0.25, -0.2) is 0 Å². The molecule has 0 aliphatic heterocycles. The third kappa shape index (κ3) is 1.73. The maximum Gasteiger partial charge on any atom is 0.155 e. The molecule has 0 N–H and O–H groups in total. The summed E-state index contributed by atoms with van der Waals surface area (Å²) in [6.45, 7) is 6.96. The van der Waals surface area contributed by atoms with Crippen LogP contribution in [0.1, 0.15) is 65.7 Å². The predicted octanol–water partition coefficient (Wildman–Crippen LogP) is 4.33. The lowest BCUT2D eigenvalue weighted by Gasteiger charge is -2.57. The molecule has 0 amide bonds. The molecule has 22 heavy (non-hydrogen) atoms. The van der Waals surface area contributed by atoms with Gasteiger partial charge in [0, 0.05) is 18.3 Å². The normalized spacial score (nSPS) is 51.0. The largest absolute Gasteiger partial charge is 0.299 e. The highest BCUT2D eigenvalue weighted by molar-refractivity contribution is 5.91. The first-order valence-electron chi connectivity index (χ1n) is 9.13. The van der Waals surface area contributed by atoms with Crippen molar-refractivity contribution in [1.82, 2.24) is 0 Å². The van der Waals surface area contributed by atoms with Gasteiger partial charge in [-0.15, -0.1) is 0 Å². The second kappa shape index (κ2) is 4.55. The van der Waals surface area contributed by atoms with Gasteiger partial charge in [0.1, 0.15) is 5.78 Å². The molecule has 0 radical (unpaired) electrons. The van der Waals surface area contributed by atoms with Crippen LogP contribution in [0.15, 0.2) is 11.6 Å². The molecule has 0 aromatic heterocycles. The number of rotatable bonds is 0. The molecule has 4 aliphatic carbocycles. The van der Waals surface area contributed by atoms with Crippen LogP contribution in [-0.2, 0) is 9.59 Å². The van der Waals surface area contributed by atoms with E-state index in [0.717, 1.165) is 32.1 Å². The van der Waals surface area contributed by atoms with Gasteiger partial charge < -0.3 is 0 Å². The van der Waals surface area contributed by atoms with E-state index in [4.69, 9.17) is 0 Å². The molecule has 0 spiro atoms. The standard InChI is InChI=1S/C20H28O2/c1-12-10-17(22)20(3)9-7-16-15(18(12)20)5-4-13-11-14(21)6-8-19(13,16)2/h11-12,15-16,18H,4-10H2,1-3H3/t12-,15?,16-,18-,19?,20?/m0/s1. The molecule has 3 fully saturated rings. The van der Waals surface area contributed by atoms with Crippen LogP contribution >= 0.6 is 0 Å². The number of Topliss-reactive ketones (excluding diaryl/α,β-unsaturated/α-hetero) is 1. The third-order valence-electron chi connectivity index (χ3n) is 7.97. The molecule has 0 heterocycles. The Kier molecular flexibility index (Phi) is 3.03. The van der Waals surface area contributed by atoms with Gasteiger partial charge in [-0.2, -0.15) is 0 Å². The average Bonchev–Trinajstić information content (AvgIpc) is 2.70. The minimum Gasteiger partial charge on any atom is -0.299 e. The molecule has 0 saturated heterocycles. The molecule has 120 valence electrons. The minimum atomic E-state index is -0.0529. The van der Waals surface area contributed by atoms with E-state index in [9.17, 15) is 9.59 Å². The van der Waals surface area contributed by atoms with Gasteiger partial charge in [-0.1, -0.05) is 26.3 Å². The number of carbonyl (C=O) groups excluding carboxylic acids is 2. The van der Waals surface area contributed by atoms with Crippen molar-refractivity contribution in [2.75, 3.05) is 0 Å². The summed E-state index contributed by atoms with van der Waals surface area (Å²) in [6, 6.07) is 0. The molecular weight excluding hydrogens is 272 g/mol. The van der Waals surface area contributed by atoms with Crippen LogP contribution in [0, 0.1) is 34.5 Å². The van der Waals surface area contributed by atoms with E-state index in [-0.39, 0.29) is 10.8 Å². The Labute approximate surface area is 133 Å². The molecule has 3 saturated carbocycles. The smallest absolute Gasteiger partial charge is 0.155 e. The lowest BCUT2D eigenvalue weighted by Crippen LogP contribution is -2.51. The highest BCUT2D eigenvalue weighted by atomic mass is 16.1. The van der Waals surface area contributed by atoms with E-state index in [0.29, 0.717) is 35.2 Å². The van der Waals surface area contributed by atoms with Crippen molar-refractivity contribution >= 4 is 11.6 Å². The van der Waals surface area contributed by atoms with Gasteiger partial charge >= 0.3 is 0 Å². The van der Waals surface area contributed by atoms with Gasteiger partial charge in [0.25, 0.3) is 0 Å². The zero-order valence-corrected chi connectivity index (χ0v) is 14.2. The van der Waals surface area contributed by atoms with E-state index >= 15 is 0 Å². The van der Waals surface area contributed by atoms with E-state index in [1.54, 1.807) is 0 Å². The van der Waals surface area contributed by atoms with E-state index in [1.807, 2.05) is 6.08 Å². The molecule has 3 unspecified atom stereocenters. The Morgan fingerprint density at radius 2 is 1.82 bits per heavy atom. The zero-order valence-electron chi connectivity index (χ0n) is 14.2. The van der Waals surface area contributed by atoms with E-state index < -0.39 is 0 Å². The summed E-state index contributed by atoms with van der Waals surface area (Å²) in [6.07, 6.45) is 9.04. The fourth-order valence-electron chi connectivity index (χ4n) is 6.84. The lowest BCUT2D eigenvalue weighted by atomic mass is 9.47. The molecule has 2 nitrogen and oxygen atoms in total. The van der Waals surface area contributed by atoms with E-state index in [1.165, 1.54) is 18.4 Å². The zero-order chi connectivity index (χ0) is 15.7. The third-order valence-corrected chi connectivity index (χ3v) is 7.97. The first-order chi connectivity index (χ1) is 10.4. The Morgan fingerprint density at radius 1 is 1.05 bits per heavy atom. The Bertz CT molecular complexity index is 574. The highest BCUT2D eigenvalue weighted by Gasteiger charge is 2.60. The van der Waals surface area contributed by atoms with Crippen LogP contribution in [0.25, 0.3) is 0 Å². The van der Waals surface area contributed by atoms with Crippen molar-refractivity contribution in [3.05, 3.63) is 11.6 Å². The summed E-state index contributed by atoms with van der Waals surface area (Å²) < 4.78 is 0. The Balaban J connectivity index is 1.73. The van der Waals surface area contributed by atoms with Crippen LogP contribution < -0.4 is 0 Å². The first-order valence-corrected chi connectivity index (χ1v) is 9.13. The van der Waals surface area contributed by atoms with Crippen molar-refractivity contribution < 1.29 is 9.59 Å². The summed E-state index contributed by atoms with van der Waals surface area (Å²) in [5.41, 5.74) is 1.59. The number of ketones is 2. The van der Waals surface area contributed by atoms with E-state index in [2.05, 4.69) is 20.8 Å². The maximum atomic E-state index is 12.6. The molecular formula is C20H28O2. The first kappa shape index (κ1) is 14.7. The number of allylic oxidation sites excluding steroid dienone is 1. The van der Waals surface area contributed by atoms with Crippen molar-refractivity contribution in [1.29, 1.82) is 0 Å². The molecule has 0 aromatic rings. The van der Waals surface area contributed by atoms with Crippen LogP contribution in [0.2, 0.25) is 0 Å². The van der Waals surface area contributed by atoms with Crippen molar-refractivity contribution in [2.24, 2.45) is 34.5 Å². The monoisotopic (exact) mass is 300 g/mol. The van der Waals surface area contributed by atoms with Gasteiger partial charge in [0.05, 0.1) is 0 Å². The number of fused-ring (bicyclic) bond motifs is 5. The van der Waals surface area contributed by atoms with Gasteiger partial charge in [-0.05, 0) is 67.3 Å². The average molecular weight is 300 g/mol. The predicted molar refractivity (Wildman–Crippen MR) is 86.3 cm³/mol. The second-order valence-corrected chi connectivity index (χ2v) is 8.95. The van der Waals surface area contributed by atoms with Crippen molar-refractivity contribution in [3.8, 4) is 0 Å². The SMILES string of the molecule is C[C@H]1CC(=O)C2(C)CC[C@H]3C(CCC4=CC(=O)CCC43C)[C@H]12. The lowest BCUT2D eigenvalue weighted by molar-refractivity contribution is -0.133. The van der Waals surface area contributed by atoms with Crippen molar-refractivity contribution in [2.45, 2.75) is 65.7 Å². The summed E-state index contributed by atoms with van der Waals surface area (Å²) in [5.74, 6) is 3.35. The second-order valence-electron chi connectivity index (χ2n) is 8.95. The Morgan fingerprint density at radius 3 is 2.59 bits per heavy atom. The van der Waals surface area contributed by atoms with Gasteiger partial charge in [-0.3, -0.25) is 9.59 Å². The molecule has 0 aromatic carbocycles. The Hall–Kier alpha value is -0.920. The van der Waals surface area contributed by atoms with Crippen LogP contribution in [0.3, 0.4) is 0 Å². The number of hydrogen-bond acceptors (Lipinski definition) is 2. The molecule has 4 aliphatic rings. The summed E-state index contributed by atoms with van der Waals surface area (Å²) >= 11 is 0. The van der Waals surface area contributed by atoms with Gasteiger partial charge in [0.2, 0.25) is 0 Å². The molecule has 4 rings (SSSR count). The minimum absolute atomic E-state index is 0.0529. The van der Waals surface area contributed by atoms with Crippen LogP contribution in [-0.4, -0.2) is 11.6 Å². The van der Waals surface area contributed by atoms with Crippen LogP contribution in [0.4, 0.5) is 0 Å². The fourth-order valence-corrected chi connectivity index (χ4v) is 6.84. The number of hydrogen-bond donors (Lipinski definition) is 0. The topological polar surface area (TPSA) is 34.1 Å². The molecule has 2 heteroatoms. The van der Waals surface area contributed by atoms with Gasteiger partial charge in [0.15, 0.2) is 5.78 Å². The van der Waals surface area contributed by atoms with Crippen LogP contribution in [0.5, 0.6) is 0 Å². The summed E-state index contributed by atoms with van der Waals surface area (Å²) in [4.78, 5) is 24.4. The quantitative estimate of drug-likeness (QED) is 0.667.